The van der Waals surface area contributed by atoms with Gasteiger partial charge in [0.1, 0.15) is 6.29 Å². The molecule has 1 heterocycles. The van der Waals surface area contributed by atoms with Crippen LogP contribution < -0.4 is 0 Å². The minimum atomic E-state index is 0.407. The Bertz CT molecular complexity index is 302. The van der Waals surface area contributed by atoms with Gasteiger partial charge in [0.2, 0.25) is 0 Å². The molecular weight excluding hydrogens is 164 g/mol. The van der Waals surface area contributed by atoms with Gasteiger partial charge in [0.05, 0.1) is 0 Å². The van der Waals surface area contributed by atoms with Crippen LogP contribution in [-0.4, -0.2) is 16.1 Å². The molecule has 1 atom stereocenters. The monoisotopic (exact) mass is 178 g/mol. The van der Waals surface area contributed by atoms with Crippen LogP contribution in [0.25, 0.3) is 0 Å². The molecule has 0 aliphatic heterocycles. The number of hydrogen-bond donors (Lipinski definition) is 0. The van der Waals surface area contributed by atoms with Crippen LogP contribution in [0.5, 0.6) is 0 Å². The Balaban J connectivity index is 2.19. The normalized spacial score (nSPS) is 18.5. The van der Waals surface area contributed by atoms with E-state index in [0.29, 0.717) is 12.3 Å². The SMILES string of the molecule is Cn1nccc1C(CC=O)C1CC1. The van der Waals surface area contributed by atoms with Crippen molar-refractivity contribution in [2.45, 2.75) is 25.2 Å². The highest BCUT2D eigenvalue weighted by atomic mass is 16.1. The number of hydrogen-bond acceptors (Lipinski definition) is 2. The van der Waals surface area contributed by atoms with Crippen molar-refractivity contribution in [2.75, 3.05) is 0 Å². The Morgan fingerprint density at radius 3 is 3.00 bits per heavy atom. The quantitative estimate of drug-likeness (QED) is 0.655. The molecule has 3 nitrogen and oxygen atoms in total. The van der Waals surface area contributed by atoms with Gasteiger partial charge in [0.25, 0.3) is 0 Å². The van der Waals surface area contributed by atoms with Gasteiger partial charge < -0.3 is 4.79 Å². The largest absolute Gasteiger partial charge is 0.303 e. The number of aryl methyl sites for hydroxylation is 1. The zero-order chi connectivity index (χ0) is 9.26. The summed E-state index contributed by atoms with van der Waals surface area (Å²) in [6, 6.07) is 2.02. The molecule has 1 fully saturated rings. The van der Waals surface area contributed by atoms with Crippen molar-refractivity contribution < 1.29 is 4.79 Å². The van der Waals surface area contributed by atoms with E-state index in [4.69, 9.17) is 0 Å². The first-order valence-electron chi connectivity index (χ1n) is 4.74. The topological polar surface area (TPSA) is 34.9 Å². The van der Waals surface area contributed by atoms with Crippen molar-refractivity contribution >= 4 is 6.29 Å². The lowest BCUT2D eigenvalue weighted by Crippen LogP contribution is -2.08. The third-order valence-electron chi connectivity index (χ3n) is 2.78. The summed E-state index contributed by atoms with van der Waals surface area (Å²) >= 11 is 0. The van der Waals surface area contributed by atoms with Crippen LogP contribution in [-0.2, 0) is 11.8 Å². The van der Waals surface area contributed by atoms with Crippen molar-refractivity contribution in [1.82, 2.24) is 9.78 Å². The van der Waals surface area contributed by atoms with E-state index in [9.17, 15) is 4.79 Å². The van der Waals surface area contributed by atoms with E-state index in [1.165, 1.54) is 18.5 Å². The molecular formula is C10H14N2O. The number of carbonyl (C=O) groups excluding carboxylic acids is 1. The first-order valence-corrected chi connectivity index (χ1v) is 4.74. The van der Waals surface area contributed by atoms with E-state index in [-0.39, 0.29) is 0 Å². The van der Waals surface area contributed by atoms with Crippen molar-refractivity contribution in [2.24, 2.45) is 13.0 Å². The maximum Gasteiger partial charge on any atom is 0.120 e. The highest BCUT2D eigenvalue weighted by molar-refractivity contribution is 5.51. The molecule has 0 bridgehead atoms. The predicted molar refractivity (Wildman–Crippen MR) is 49.4 cm³/mol. The van der Waals surface area contributed by atoms with Gasteiger partial charge in [0, 0.05) is 31.3 Å². The third-order valence-corrected chi connectivity index (χ3v) is 2.78. The summed E-state index contributed by atoms with van der Waals surface area (Å²) in [5.74, 6) is 1.13. The van der Waals surface area contributed by atoms with Gasteiger partial charge in [-0.2, -0.15) is 5.10 Å². The van der Waals surface area contributed by atoms with Crippen molar-refractivity contribution in [3.63, 3.8) is 0 Å². The predicted octanol–water partition coefficient (Wildman–Crippen LogP) is 1.50. The van der Waals surface area contributed by atoms with Gasteiger partial charge >= 0.3 is 0 Å². The Morgan fingerprint density at radius 1 is 1.77 bits per heavy atom. The smallest absolute Gasteiger partial charge is 0.120 e. The Hall–Kier alpha value is -1.12. The van der Waals surface area contributed by atoms with Crippen LogP contribution in [0.3, 0.4) is 0 Å². The molecule has 0 saturated heterocycles. The first kappa shape index (κ1) is 8.48. The van der Waals surface area contributed by atoms with E-state index >= 15 is 0 Å². The maximum absolute atomic E-state index is 10.5. The zero-order valence-corrected chi connectivity index (χ0v) is 7.81. The average molecular weight is 178 g/mol. The zero-order valence-electron chi connectivity index (χ0n) is 7.81. The summed E-state index contributed by atoms with van der Waals surface area (Å²) in [6.07, 6.45) is 6.00. The number of rotatable bonds is 4. The van der Waals surface area contributed by atoms with Gasteiger partial charge in [-0.3, -0.25) is 4.68 Å². The van der Waals surface area contributed by atoms with Gasteiger partial charge in [-0.05, 0) is 24.8 Å². The Kier molecular flexibility index (Phi) is 2.17. The fraction of sp³-hybridized carbons (Fsp3) is 0.600. The van der Waals surface area contributed by atoms with Crippen molar-refractivity contribution in [3.8, 4) is 0 Å². The summed E-state index contributed by atoms with van der Waals surface area (Å²) in [6.45, 7) is 0. The van der Waals surface area contributed by atoms with E-state index in [1.807, 2.05) is 17.8 Å². The third kappa shape index (κ3) is 1.64. The molecule has 13 heavy (non-hydrogen) atoms. The van der Waals surface area contributed by atoms with Crippen molar-refractivity contribution in [3.05, 3.63) is 18.0 Å². The molecule has 70 valence electrons. The summed E-state index contributed by atoms with van der Waals surface area (Å²) in [5, 5.41) is 4.13. The van der Waals surface area contributed by atoms with Crippen LogP contribution in [0.2, 0.25) is 0 Å². The van der Waals surface area contributed by atoms with Gasteiger partial charge in [-0.1, -0.05) is 0 Å². The van der Waals surface area contributed by atoms with Crippen LogP contribution >= 0.6 is 0 Å². The Labute approximate surface area is 77.7 Å². The minimum absolute atomic E-state index is 0.407. The van der Waals surface area contributed by atoms with Gasteiger partial charge in [0.15, 0.2) is 0 Å². The molecule has 1 aliphatic rings. The molecule has 1 aliphatic carbocycles. The number of aldehydes is 1. The van der Waals surface area contributed by atoms with E-state index in [0.717, 1.165) is 12.2 Å². The first-order chi connectivity index (χ1) is 6.33. The van der Waals surface area contributed by atoms with E-state index < -0.39 is 0 Å². The molecule has 3 heteroatoms. The number of carbonyl (C=O) groups is 1. The molecule has 1 unspecified atom stereocenters. The summed E-state index contributed by atoms with van der Waals surface area (Å²) < 4.78 is 1.88. The molecule has 0 aromatic carbocycles. The highest BCUT2D eigenvalue weighted by Crippen LogP contribution is 2.43. The second-order valence-corrected chi connectivity index (χ2v) is 3.73. The maximum atomic E-state index is 10.5. The summed E-state index contributed by atoms with van der Waals surface area (Å²) in [5.41, 5.74) is 1.20. The average Bonchev–Trinajstić information content (AvgIpc) is 2.86. The fourth-order valence-corrected chi connectivity index (χ4v) is 1.90. The second kappa shape index (κ2) is 3.32. The molecule has 1 aromatic heterocycles. The van der Waals surface area contributed by atoms with Crippen LogP contribution in [0.15, 0.2) is 12.3 Å². The van der Waals surface area contributed by atoms with Gasteiger partial charge in [-0.25, -0.2) is 0 Å². The standard InChI is InChI=1S/C10H14N2O/c1-12-10(4-6-11-12)9(5-7-13)8-2-3-8/h4,6-9H,2-3,5H2,1H3. The van der Waals surface area contributed by atoms with Crippen LogP contribution in [0.4, 0.5) is 0 Å². The van der Waals surface area contributed by atoms with E-state index in [2.05, 4.69) is 5.10 Å². The molecule has 0 radical (unpaired) electrons. The van der Waals surface area contributed by atoms with Crippen LogP contribution in [0, 0.1) is 5.92 Å². The Morgan fingerprint density at radius 2 is 2.54 bits per heavy atom. The molecule has 2 rings (SSSR count). The molecule has 1 aromatic rings. The molecule has 0 amide bonds. The van der Waals surface area contributed by atoms with E-state index in [1.54, 1.807) is 6.20 Å². The lowest BCUT2D eigenvalue weighted by molar-refractivity contribution is -0.108. The summed E-state index contributed by atoms with van der Waals surface area (Å²) in [7, 11) is 1.94. The lowest BCUT2D eigenvalue weighted by Gasteiger charge is -2.12. The lowest BCUT2D eigenvalue weighted by atomic mass is 9.96. The fourth-order valence-electron chi connectivity index (χ4n) is 1.90. The van der Waals surface area contributed by atoms with Crippen LogP contribution in [0.1, 0.15) is 30.9 Å². The number of aromatic nitrogens is 2. The summed E-state index contributed by atoms with van der Waals surface area (Å²) in [4.78, 5) is 10.5. The number of nitrogens with zero attached hydrogens (tertiary/aromatic N) is 2. The highest BCUT2D eigenvalue weighted by Gasteiger charge is 2.33. The molecule has 1 saturated carbocycles. The molecule has 0 N–H and O–H groups in total. The van der Waals surface area contributed by atoms with Gasteiger partial charge in [-0.15, -0.1) is 0 Å². The minimum Gasteiger partial charge on any atom is -0.303 e. The second-order valence-electron chi connectivity index (χ2n) is 3.73. The molecule has 0 spiro atoms. The van der Waals surface area contributed by atoms with Crippen molar-refractivity contribution in [1.29, 1.82) is 0 Å².